The van der Waals surface area contributed by atoms with Gasteiger partial charge in [0.2, 0.25) is 10.0 Å². The molecule has 38 heavy (non-hydrogen) atoms. The summed E-state index contributed by atoms with van der Waals surface area (Å²) in [7, 11) is -1.96. The largest absolute Gasteiger partial charge is 0.493 e. The molecular weight excluding hydrogens is 506 g/mol. The van der Waals surface area contributed by atoms with E-state index in [0.29, 0.717) is 43.1 Å². The molecule has 0 radical (unpaired) electrons. The molecule has 212 valence electrons. The molecule has 0 unspecified atom stereocenters. The minimum atomic E-state index is -3.62. The van der Waals surface area contributed by atoms with Gasteiger partial charge in [-0.25, -0.2) is 13.1 Å². The normalized spacial score (nSPS) is 14.2. The summed E-state index contributed by atoms with van der Waals surface area (Å²) in [5.74, 6) is 0.265. The van der Waals surface area contributed by atoms with Gasteiger partial charge in [0, 0.05) is 32.8 Å². The Hall–Kier alpha value is -2.50. The summed E-state index contributed by atoms with van der Waals surface area (Å²) in [6.07, 6.45) is 1.05. The molecule has 0 aromatic heterocycles. The number of rotatable bonds is 18. The van der Waals surface area contributed by atoms with Gasteiger partial charge in [-0.15, -0.1) is 0 Å². The molecule has 0 saturated carbocycles. The molecule has 0 aliphatic heterocycles. The second-order valence-electron chi connectivity index (χ2n) is 9.82. The van der Waals surface area contributed by atoms with Gasteiger partial charge in [0.15, 0.2) is 0 Å². The number of para-hydroxylation sites is 1. The molecule has 0 aliphatic carbocycles. The van der Waals surface area contributed by atoms with Crippen LogP contribution >= 0.6 is 0 Å². The van der Waals surface area contributed by atoms with E-state index in [4.69, 9.17) is 15.2 Å². The van der Waals surface area contributed by atoms with E-state index in [2.05, 4.69) is 10.0 Å². The number of carbonyl (C=O) groups excluding carboxylic acids is 1. The van der Waals surface area contributed by atoms with Crippen LogP contribution in [-0.4, -0.2) is 65.0 Å². The van der Waals surface area contributed by atoms with Crippen molar-refractivity contribution in [2.75, 3.05) is 33.4 Å². The lowest BCUT2D eigenvalue weighted by Crippen LogP contribution is -2.46. The van der Waals surface area contributed by atoms with Gasteiger partial charge in [-0.3, -0.25) is 4.79 Å². The van der Waals surface area contributed by atoms with E-state index in [-0.39, 0.29) is 30.0 Å². The average Bonchev–Trinajstić information content (AvgIpc) is 2.89. The maximum atomic E-state index is 12.9. The number of sulfonamides is 1. The molecular formula is C28H43N3O6S. The van der Waals surface area contributed by atoms with Crippen LogP contribution < -0.4 is 20.5 Å². The number of nitrogens with two attached hydrogens (primary N) is 1. The Morgan fingerprint density at radius 2 is 1.66 bits per heavy atom. The maximum absolute atomic E-state index is 12.9. The highest BCUT2D eigenvalue weighted by Gasteiger charge is 2.25. The minimum Gasteiger partial charge on any atom is -0.493 e. The molecule has 2 aromatic carbocycles. The number of ether oxygens (including phenoxy) is 2. The van der Waals surface area contributed by atoms with E-state index < -0.39 is 22.2 Å². The lowest BCUT2D eigenvalue weighted by Gasteiger charge is -2.27. The van der Waals surface area contributed by atoms with E-state index in [1.54, 1.807) is 49.6 Å². The molecule has 0 aliphatic rings. The van der Waals surface area contributed by atoms with Crippen molar-refractivity contribution in [2.45, 2.75) is 51.0 Å². The molecule has 0 fully saturated rings. The predicted molar refractivity (Wildman–Crippen MR) is 149 cm³/mol. The van der Waals surface area contributed by atoms with Crippen LogP contribution in [-0.2, 0) is 20.5 Å². The first-order valence-corrected chi connectivity index (χ1v) is 14.7. The van der Waals surface area contributed by atoms with Crippen molar-refractivity contribution in [2.24, 2.45) is 17.6 Å². The topological polar surface area (TPSA) is 140 Å². The van der Waals surface area contributed by atoms with Crippen LogP contribution in [0.4, 0.5) is 0 Å². The van der Waals surface area contributed by atoms with Crippen molar-refractivity contribution in [3.63, 3.8) is 0 Å². The van der Waals surface area contributed by atoms with Crippen molar-refractivity contribution < 1.29 is 27.8 Å². The molecule has 2 rings (SSSR count). The molecule has 1 amide bonds. The summed E-state index contributed by atoms with van der Waals surface area (Å²) >= 11 is 0. The summed E-state index contributed by atoms with van der Waals surface area (Å²) < 4.78 is 38.1. The number of nitrogens with one attached hydrogen (secondary N) is 2. The standard InChI is InChI=1S/C28H43N3O6S/c1-21(2)23(17-25(29)26(32)19-31-38(34,35)20-22-11-5-4-6-12-22)18-30-28(33)24-13-7-8-14-27(24)37-16-10-9-15-36-3/h4-8,11-14,21,23,25-26,31-32H,9-10,15-20,29H2,1-3H3,(H,30,33)/t23-,25+,26+/m1/s1. The zero-order valence-corrected chi connectivity index (χ0v) is 23.5. The lowest BCUT2D eigenvalue weighted by molar-refractivity contribution is 0.0928. The van der Waals surface area contributed by atoms with Gasteiger partial charge in [-0.05, 0) is 48.8 Å². The number of aliphatic hydroxyl groups excluding tert-OH is 1. The van der Waals surface area contributed by atoms with Gasteiger partial charge in [0.25, 0.3) is 5.91 Å². The number of aliphatic hydroxyl groups is 1. The number of benzene rings is 2. The highest BCUT2D eigenvalue weighted by Crippen LogP contribution is 2.20. The Morgan fingerprint density at radius 1 is 1.00 bits per heavy atom. The number of hydrogen-bond acceptors (Lipinski definition) is 7. The quantitative estimate of drug-likeness (QED) is 0.210. The van der Waals surface area contributed by atoms with E-state index in [0.717, 1.165) is 12.8 Å². The Balaban J connectivity index is 1.86. The zero-order chi connectivity index (χ0) is 28.0. The fourth-order valence-electron chi connectivity index (χ4n) is 3.94. The SMILES string of the molecule is COCCCCOc1ccccc1C(=O)NC[C@@H](C[C@H](N)[C@@H](O)CNS(=O)(=O)Cc1ccccc1)C(C)C. The van der Waals surface area contributed by atoms with Crippen molar-refractivity contribution in [1.29, 1.82) is 0 Å². The highest BCUT2D eigenvalue weighted by atomic mass is 32.2. The van der Waals surface area contributed by atoms with Crippen LogP contribution in [0.2, 0.25) is 0 Å². The Morgan fingerprint density at radius 3 is 2.34 bits per heavy atom. The monoisotopic (exact) mass is 549 g/mol. The number of amides is 1. The van der Waals surface area contributed by atoms with Crippen LogP contribution in [0, 0.1) is 11.8 Å². The molecule has 0 spiro atoms. The third-order valence-corrected chi connectivity index (χ3v) is 7.70. The smallest absolute Gasteiger partial charge is 0.255 e. The Labute approximate surface area is 227 Å². The van der Waals surface area contributed by atoms with Crippen molar-refractivity contribution in [3.05, 3.63) is 65.7 Å². The van der Waals surface area contributed by atoms with E-state index in [1.807, 2.05) is 26.0 Å². The molecule has 10 heteroatoms. The van der Waals surface area contributed by atoms with Gasteiger partial charge < -0.3 is 25.6 Å². The van der Waals surface area contributed by atoms with Crippen LogP contribution in [0.3, 0.4) is 0 Å². The summed E-state index contributed by atoms with van der Waals surface area (Å²) in [6, 6.07) is 15.3. The number of hydrogen-bond donors (Lipinski definition) is 4. The summed E-state index contributed by atoms with van der Waals surface area (Å²) in [6.45, 7) is 5.38. The Kier molecular flexibility index (Phi) is 13.7. The fourth-order valence-corrected chi connectivity index (χ4v) is 5.09. The van der Waals surface area contributed by atoms with E-state index in [9.17, 15) is 18.3 Å². The first kappa shape index (κ1) is 31.7. The summed E-state index contributed by atoms with van der Waals surface area (Å²) in [5.41, 5.74) is 7.36. The molecule has 5 N–H and O–H groups in total. The maximum Gasteiger partial charge on any atom is 0.255 e. The van der Waals surface area contributed by atoms with Crippen LogP contribution in [0.1, 0.15) is 49.0 Å². The molecule has 0 heterocycles. The third kappa shape index (κ3) is 11.5. The second-order valence-corrected chi connectivity index (χ2v) is 11.6. The highest BCUT2D eigenvalue weighted by molar-refractivity contribution is 7.88. The van der Waals surface area contributed by atoms with Gasteiger partial charge >= 0.3 is 0 Å². The number of carbonyl (C=O) groups is 1. The number of methoxy groups -OCH3 is 1. The van der Waals surface area contributed by atoms with E-state index in [1.165, 1.54) is 0 Å². The summed E-state index contributed by atoms with van der Waals surface area (Å²) in [5, 5.41) is 13.5. The molecule has 0 saturated heterocycles. The fraction of sp³-hybridized carbons (Fsp3) is 0.536. The molecule has 3 atom stereocenters. The van der Waals surface area contributed by atoms with Crippen molar-refractivity contribution in [3.8, 4) is 5.75 Å². The van der Waals surface area contributed by atoms with Gasteiger partial charge in [0.05, 0.1) is 24.0 Å². The molecule has 9 nitrogen and oxygen atoms in total. The lowest BCUT2D eigenvalue weighted by atomic mass is 9.87. The second kappa shape index (κ2) is 16.5. The predicted octanol–water partition coefficient (Wildman–Crippen LogP) is 2.69. The first-order valence-electron chi connectivity index (χ1n) is 13.1. The Bertz CT molecular complexity index is 1070. The summed E-state index contributed by atoms with van der Waals surface area (Å²) in [4.78, 5) is 12.9. The molecule has 0 bridgehead atoms. The van der Waals surface area contributed by atoms with Crippen LogP contribution in [0.5, 0.6) is 5.75 Å². The number of unbranched alkanes of at least 4 members (excludes halogenated alkanes) is 1. The van der Waals surface area contributed by atoms with Crippen LogP contribution in [0.15, 0.2) is 54.6 Å². The van der Waals surface area contributed by atoms with E-state index >= 15 is 0 Å². The van der Waals surface area contributed by atoms with Gasteiger partial charge in [-0.1, -0.05) is 56.3 Å². The zero-order valence-electron chi connectivity index (χ0n) is 22.6. The van der Waals surface area contributed by atoms with Gasteiger partial charge in [-0.2, -0.15) is 0 Å². The first-order chi connectivity index (χ1) is 18.1. The van der Waals surface area contributed by atoms with Crippen molar-refractivity contribution >= 4 is 15.9 Å². The van der Waals surface area contributed by atoms with Crippen LogP contribution in [0.25, 0.3) is 0 Å². The minimum absolute atomic E-state index is 0.0216. The average molecular weight is 550 g/mol. The van der Waals surface area contributed by atoms with Crippen molar-refractivity contribution in [1.82, 2.24) is 10.0 Å². The third-order valence-electron chi connectivity index (χ3n) is 6.38. The molecule has 2 aromatic rings. The van der Waals surface area contributed by atoms with Gasteiger partial charge in [0.1, 0.15) is 5.75 Å².